The van der Waals surface area contributed by atoms with Crippen molar-refractivity contribution < 1.29 is 0 Å². The van der Waals surface area contributed by atoms with E-state index in [1.165, 1.54) is 5.56 Å². The van der Waals surface area contributed by atoms with Crippen LogP contribution in [-0.4, -0.2) is 35.6 Å². The van der Waals surface area contributed by atoms with Crippen molar-refractivity contribution in [1.29, 1.82) is 0 Å². The van der Waals surface area contributed by atoms with Crippen LogP contribution in [-0.2, 0) is 6.42 Å². The van der Waals surface area contributed by atoms with Crippen LogP contribution >= 0.6 is 0 Å². The summed E-state index contributed by atoms with van der Waals surface area (Å²) in [7, 11) is 0. The van der Waals surface area contributed by atoms with Crippen LogP contribution in [0, 0.1) is 0 Å². The number of hydrogen-bond donors (Lipinski definition) is 2. The van der Waals surface area contributed by atoms with Gasteiger partial charge >= 0.3 is 0 Å². The van der Waals surface area contributed by atoms with Crippen LogP contribution in [0.15, 0.2) is 18.3 Å². The first-order valence-electron chi connectivity index (χ1n) is 6.34. The lowest BCUT2D eigenvalue weighted by molar-refractivity contribution is 0.290. The summed E-state index contributed by atoms with van der Waals surface area (Å²) >= 11 is 0. The number of aromatic nitrogens is 1. The van der Waals surface area contributed by atoms with E-state index < -0.39 is 0 Å². The van der Waals surface area contributed by atoms with Crippen LogP contribution in [0.1, 0.15) is 25.8 Å². The Morgan fingerprint density at radius 2 is 2.06 bits per heavy atom. The minimum Gasteiger partial charge on any atom is -0.384 e. The lowest BCUT2D eigenvalue weighted by atomic mass is 10.0. The van der Waals surface area contributed by atoms with Gasteiger partial charge in [-0.3, -0.25) is 0 Å². The number of nitrogens with zero attached hydrogens (tertiary/aromatic N) is 2. The summed E-state index contributed by atoms with van der Waals surface area (Å²) in [6.45, 7) is 7.60. The molecule has 0 aliphatic rings. The van der Waals surface area contributed by atoms with Gasteiger partial charge in [-0.15, -0.1) is 0 Å². The van der Waals surface area contributed by atoms with Crippen LogP contribution < -0.4 is 11.5 Å². The van der Waals surface area contributed by atoms with Crippen molar-refractivity contribution >= 4 is 5.82 Å². The molecule has 1 aromatic rings. The molecule has 96 valence electrons. The van der Waals surface area contributed by atoms with Crippen LogP contribution in [0.3, 0.4) is 0 Å². The quantitative estimate of drug-likeness (QED) is 0.748. The summed E-state index contributed by atoms with van der Waals surface area (Å²) in [6.07, 6.45) is 3.62. The zero-order valence-electron chi connectivity index (χ0n) is 10.9. The number of hydrogen-bond acceptors (Lipinski definition) is 4. The smallest absolute Gasteiger partial charge is 0.123 e. The molecule has 1 aromatic heterocycles. The van der Waals surface area contributed by atoms with E-state index in [0.29, 0.717) is 5.82 Å². The van der Waals surface area contributed by atoms with E-state index in [0.717, 1.165) is 32.5 Å². The molecule has 1 unspecified atom stereocenters. The maximum absolute atomic E-state index is 6.13. The van der Waals surface area contributed by atoms with E-state index in [2.05, 4.69) is 23.7 Å². The topological polar surface area (TPSA) is 68.2 Å². The van der Waals surface area contributed by atoms with E-state index in [4.69, 9.17) is 11.5 Å². The SMILES string of the molecule is CCN(CC)CCC(N)Cc1ccnc(N)c1. The Bertz CT molecular complexity index is 323. The van der Waals surface area contributed by atoms with E-state index in [1.807, 2.05) is 12.1 Å². The van der Waals surface area contributed by atoms with Gasteiger partial charge in [-0.05, 0) is 50.2 Å². The first-order chi connectivity index (χ1) is 8.15. The summed E-state index contributed by atoms with van der Waals surface area (Å²) < 4.78 is 0. The zero-order valence-corrected chi connectivity index (χ0v) is 10.9. The van der Waals surface area contributed by atoms with Gasteiger partial charge in [0.1, 0.15) is 5.82 Å². The van der Waals surface area contributed by atoms with Gasteiger partial charge < -0.3 is 16.4 Å². The molecule has 0 aliphatic heterocycles. The molecule has 0 aliphatic carbocycles. The lowest BCUT2D eigenvalue weighted by Gasteiger charge is -2.20. The van der Waals surface area contributed by atoms with Crippen LogP contribution in [0.2, 0.25) is 0 Å². The second-order valence-electron chi connectivity index (χ2n) is 4.37. The molecule has 1 rings (SSSR count). The summed E-state index contributed by atoms with van der Waals surface area (Å²) in [4.78, 5) is 6.37. The summed E-state index contributed by atoms with van der Waals surface area (Å²) in [5.74, 6) is 0.568. The van der Waals surface area contributed by atoms with Gasteiger partial charge in [-0.1, -0.05) is 13.8 Å². The van der Waals surface area contributed by atoms with Gasteiger partial charge in [0, 0.05) is 12.2 Å². The molecule has 0 bridgehead atoms. The highest BCUT2D eigenvalue weighted by Crippen LogP contribution is 2.07. The molecule has 0 amide bonds. The molecule has 0 saturated heterocycles. The molecule has 1 heterocycles. The van der Waals surface area contributed by atoms with Gasteiger partial charge in [0.15, 0.2) is 0 Å². The van der Waals surface area contributed by atoms with E-state index in [-0.39, 0.29) is 6.04 Å². The average Bonchev–Trinajstić information content (AvgIpc) is 2.30. The number of anilines is 1. The Hall–Kier alpha value is -1.13. The van der Waals surface area contributed by atoms with Crippen LogP contribution in [0.25, 0.3) is 0 Å². The minimum atomic E-state index is 0.192. The van der Waals surface area contributed by atoms with Crippen molar-refractivity contribution in [2.24, 2.45) is 5.73 Å². The minimum absolute atomic E-state index is 0.192. The third kappa shape index (κ3) is 5.15. The van der Waals surface area contributed by atoms with Crippen molar-refractivity contribution in [2.45, 2.75) is 32.7 Å². The second-order valence-corrected chi connectivity index (χ2v) is 4.37. The molecular formula is C13H24N4. The van der Waals surface area contributed by atoms with Crippen LogP contribution in [0.4, 0.5) is 5.82 Å². The van der Waals surface area contributed by atoms with Crippen molar-refractivity contribution in [3.63, 3.8) is 0 Å². The molecule has 4 nitrogen and oxygen atoms in total. The van der Waals surface area contributed by atoms with E-state index in [1.54, 1.807) is 6.20 Å². The molecule has 0 radical (unpaired) electrons. The van der Waals surface area contributed by atoms with Gasteiger partial charge in [0.25, 0.3) is 0 Å². The Morgan fingerprint density at radius 1 is 1.35 bits per heavy atom. The highest BCUT2D eigenvalue weighted by Gasteiger charge is 2.07. The largest absolute Gasteiger partial charge is 0.384 e. The molecule has 4 N–H and O–H groups in total. The van der Waals surface area contributed by atoms with E-state index >= 15 is 0 Å². The van der Waals surface area contributed by atoms with E-state index in [9.17, 15) is 0 Å². The predicted molar refractivity (Wildman–Crippen MR) is 72.7 cm³/mol. The number of nitrogen functional groups attached to an aromatic ring is 1. The molecular weight excluding hydrogens is 212 g/mol. The first kappa shape index (κ1) is 13.9. The fourth-order valence-electron chi connectivity index (χ4n) is 1.91. The van der Waals surface area contributed by atoms with Gasteiger partial charge in [0.2, 0.25) is 0 Å². The van der Waals surface area contributed by atoms with Crippen molar-refractivity contribution in [3.8, 4) is 0 Å². The third-order valence-electron chi connectivity index (χ3n) is 3.05. The molecule has 0 saturated carbocycles. The lowest BCUT2D eigenvalue weighted by Crippen LogP contribution is -2.31. The van der Waals surface area contributed by atoms with Gasteiger partial charge in [-0.25, -0.2) is 4.98 Å². The molecule has 17 heavy (non-hydrogen) atoms. The Kier molecular flexibility index (Phi) is 5.94. The zero-order chi connectivity index (χ0) is 12.7. The normalized spacial score (nSPS) is 12.9. The Balaban J connectivity index is 2.36. The third-order valence-corrected chi connectivity index (χ3v) is 3.05. The summed E-state index contributed by atoms with van der Waals surface area (Å²) in [5.41, 5.74) is 12.9. The number of pyridine rings is 1. The van der Waals surface area contributed by atoms with Gasteiger partial charge in [0.05, 0.1) is 0 Å². The van der Waals surface area contributed by atoms with Crippen molar-refractivity contribution in [1.82, 2.24) is 9.88 Å². The molecule has 0 spiro atoms. The standard InChI is InChI=1S/C13H24N4/c1-3-17(4-2)8-6-12(14)9-11-5-7-16-13(15)10-11/h5,7,10,12H,3-4,6,8-9,14H2,1-2H3,(H2,15,16). The molecule has 1 atom stereocenters. The van der Waals surface area contributed by atoms with Gasteiger partial charge in [-0.2, -0.15) is 0 Å². The van der Waals surface area contributed by atoms with Crippen molar-refractivity contribution in [2.75, 3.05) is 25.4 Å². The summed E-state index contributed by atoms with van der Waals surface area (Å²) in [6, 6.07) is 4.07. The first-order valence-corrected chi connectivity index (χ1v) is 6.34. The summed E-state index contributed by atoms with van der Waals surface area (Å²) in [5, 5.41) is 0. The number of rotatable bonds is 7. The molecule has 0 fully saturated rings. The Labute approximate surface area is 104 Å². The highest BCUT2D eigenvalue weighted by molar-refractivity contribution is 5.32. The highest BCUT2D eigenvalue weighted by atomic mass is 15.1. The van der Waals surface area contributed by atoms with Crippen LogP contribution in [0.5, 0.6) is 0 Å². The van der Waals surface area contributed by atoms with Crippen molar-refractivity contribution in [3.05, 3.63) is 23.9 Å². The maximum atomic E-state index is 6.13. The Morgan fingerprint density at radius 3 is 2.65 bits per heavy atom. The molecule has 0 aromatic carbocycles. The monoisotopic (exact) mass is 236 g/mol. The fourth-order valence-corrected chi connectivity index (χ4v) is 1.91. The molecule has 4 heteroatoms. The number of nitrogens with two attached hydrogens (primary N) is 2. The second kappa shape index (κ2) is 7.25. The predicted octanol–water partition coefficient (Wildman–Crippen LogP) is 1.27. The maximum Gasteiger partial charge on any atom is 0.123 e. The fraction of sp³-hybridized carbons (Fsp3) is 0.615. The average molecular weight is 236 g/mol.